The van der Waals surface area contributed by atoms with E-state index in [1.807, 2.05) is 17.9 Å². The summed E-state index contributed by atoms with van der Waals surface area (Å²) in [4.78, 5) is 18.8. The van der Waals surface area contributed by atoms with Gasteiger partial charge < -0.3 is 25.6 Å². The van der Waals surface area contributed by atoms with Gasteiger partial charge in [-0.2, -0.15) is 0 Å². The lowest BCUT2D eigenvalue weighted by Gasteiger charge is -2.41. The number of carbonyl (C=O) groups excluding carboxylic acids is 1. The van der Waals surface area contributed by atoms with Gasteiger partial charge in [-0.05, 0) is 45.1 Å². The van der Waals surface area contributed by atoms with Gasteiger partial charge in [-0.15, -0.1) is 24.0 Å². The lowest BCUT2D eigenvalue weighted by atomic mass is 9.88. The number of aliphatic imine (C=N–C) groups is 1. The van der Waals surface area contributed by atoms with Crippen molar-refractivity contribution in [2.45, 2.75) is 51.1 Å². The van der Waals surface area contributed by atoms with Crippen molar-refractivity contribution in [3.05, 3.63) is 35.9 Å². The maximum absolute atomic E-state index is 12.4. The molecule has 2 saturated heterocycles. The molecule has 3 rings (SSSR count). The molecule has 1 unspecified atom stereocenters. The third-order valence-electron chi connectivity index (χ3n) is 6.04. The highest BCUT2D eigenvalue weighted by Crippen LogP contribution is 2.25. The molecule has 1 aromatic carbocycles. The van der Waals surface area contributed by atoms with Crippen LogP contribution in [0.1, 0.15) is 51.1 Å². The Hall–Kier alpha value is -1.39. The highest BCUT2D eigenvalue weighted by molar-refractivity contribution is 14.0. The molecule has 0 radical (unpaired) electrons. The van der Waals surface area contributed by atoms with Crippen LogP contribution in [0.5, 0.6) is 0 Å². The number of nitrogens with zero attached hydrogens (tertiary/aromatic N) is 2. The summed E-state index contributed by atoms with van der Waals surface area (Å²) in [6.45, 7) is 9.16. The van der Waals surface area contributed by atoms with Crippen LogP contribution in [0, 0.1) is 0 Å². The number of nitrogens with one attached hydrogen (secondary N) is 3. The second kappa shape index (κ2) is 13.2. The number of hydrogen-bond donors (Lipinski definition) is 3. The number of carbonyl (C=O) groups is 1. The van der Waals surface area contributed by atoms with Crippen LogP contribution in [-0.2, 0) is 9.53 Å². The molecular formula is C23H38IN5O2. The van der Waals surface area contributed by atoms with Crippen molar-refractivity contribution in [3.63, 3.8) is 0 Å². The van der Waals surface area contributed by atoms with Gasteiger partial charge in [0.1, 0.15) is 6.54 Å². The van der Waals surface area contributed by atoms with Crippen LogP contribution < -0.4 is 16.0 Å². The number of benzene rings is 1. The van der Waals surface area contributed by atoms with Crippen molar-refractivity contribution in [1.82, 2.24) is 20.9 Å². The Morgan fingerprint density at radius 3 is 2.48 bits per heavy atom. The molecule has 2 aliphatic rings. The van der Waals surface area contributed by atoms with Crippen LogP contribution in [0.25, 0.3) is 0 Å². The van der Waals surface area contributed by atoms with Crippen LogP contribution in [0.2, 0.25) is 0 Å². The van der Waals surface area contributed by atoms with Crippen molar-refractivity contribution in [2.24, 2.45) is 4.99 Å². The zero-order valence-electron chi connectivity index (χ0n) is 18.9. The Bertz CT molecular complexity index is 688. The molecule has 2 fully saturated rings. The van der Waals surface area contributed by atoms with Crippen molar-refractivity contribution in [1.29, 1.82) is 0 Å². The molecule has 7 nitrogen and oxygen atoms in total. The average molecular weight is 543 g/mol. The summed E-state index contributed by atoms with van der Waals surface area (Å²) in [6.07, 6.45) is 4.07. The normalized spacial score (nSPS) is 19.4. The number of likely N-dealkylation sites (tertiary alicyclic amines) is 1. The maximum atomic E-state index is 12.4. The van der Waals surface area contributed by atoms with Gasteiger partial charge in [0.2, 0.25) is 5.91 Å². The molecule has 2 heterocycles. The van der Waals surface area contributed by atoms with Gasteiger partial charge in [0, 0.05) is 51.0 Å². The first-order valence-corrected chi connectivity index (χ1v) is 11.3. The summed E-state index contributed by atoms with van der Waals surface area (Å²) in [7, 11) is 0. The minimum atomic E-state index is -0.0807. The number of rotatable bonds is 8. The minimum absolute atomic E-state index is 0. The molecular weight excluding hydrogens is 505 g/mol. The molecule has 3 N–H and O–H groups in total. The van der Waals surface area contributed by atoms with Gasteiger partial charge in [0.15, 0.2) is 5.96 Å². The molecule has 0 spiro atoms. The second-order valence-corrected chi connectivity index (χ2v) is 8.31. The highest BCUT2D eigenvalue weighted by Gasteiger charge is 2.34. The smallest absolute Gasteiger partial charge is 0.244 e. The molecule has 0 saturated carbocycles. The Kier molecular flexibility index (Phi) is 11.0. The predicted octanol–water partition coefficient (Wildman–Crippen LogP) is 2.68. The zero-order valence-corrected chi connectivity index (χ0v) is 21.2. The van der Waals surface area contributed by atoms with E-state index in [9.17, 15) is 4.79 Å². The number of hydrogen-bond acceptors (Lipinski definition) is 4. The fourth-order valence-electron chi connectivity index (χ4n) is 4.23. The molecule has 2 aliphatic heterocycles. The second-order valence-electron chi connectivity index (χ2n) is 8.31. The van der Waals surface area contributed by atoms with E-state index < -0.39 is 0 Å². The monoisotopic (exact) mass is 543 g/mol. The number of amides is 1. The van der Waals surface area contributed by atoms with Crippen LogP contribution in [-0.4, -0.2) is 68.2 Å². The number of guanidine groups is 1. The maximum Gasteiger partial charge on any atom is 0.244 e. The SMILES string of the molecule is CCNC(=NCC(=O)N1CCCC1)NCC1(NC(C)c2ccccc2)CCOCC1.I. The Morgan fingerprint density at radius 1 is 1.16 bits per heavy atom. The molecule has 1 amide bonds. The molecule has 1 atom stereocenters. The third kappa shape index (κ3) is 7.91. The molecule has 0 aliphatic carbocycles. The van der Waals surface area contributed by atoms with E-state index in [4.69, 9.17) is 4.74 Å². The first kappa shape index (κ1) is 25.9. The summed E-state index contributed by atoms with van der Waals surface area (Å²) >= 11 is 0. The van der Waals surface area contributed by atoms with E-state index in [1.54, 1.807) is 0 Å². The summed E-state index contributed by atoms with van der Waals surface area (Å²) < 4.78 is 5.64. The van der Waals surface area contributed by atoms with E-state index in [0.29, 0.717) is 5.96 Å². The zero-order chi connectivity index (χ0) is 21.2. The standard InChI is InChI=1S/C23H37N5O2.HI/c1-3-24-22(25-17-21(29)28-13-7-8-14-28)26-18-23(11-15-30-16-12-23)27-19(2)20-9-5-4-6-10-20;/h4-6,9-10,19,27H,3,7-8,11-18H2,1-2H3,(H2,24,25,26);1H. The molecule has 1 aromatic rings. The summed E-state index contributed by atoms with van der Waals surface area (Å²) in [6, 6.07) is 10.8. The largest absolute Gasteiger partial charge is 0.381 e. The van der Waals surface area contributed by atoms with Gasteiger partial charge in [-0.25, -0.2) is 4.99 Å². The van der Waals surface area contributed by atoms with Gasteiger partial charge >= 0.3 is 0 Å². The van der Waals surface area contributed by atoms with Gasteiger partial charge in [0.25, 0.3) is 0 Å². The van der Waals surface area contributed by atoms with Gasteiger partial charge in [-0.1, -0.05) is 30.3 Å². The Morgan fingerprint density at radius 2 is 1.84 bits per heavy atom. The van der Waals surface area contributed by atoms with Crippen LogP contribution in [0.3, 0.4) is 0 Å². The first-order chi connectivity index (χ1) is 14.6. The fourth-order valence-corrected chi connectivity index (χ4v) is 4.23. The number of halogens is 1. The predicted molar refractivity (Wildman–Crippen MR) is 136 cm³/mol. The van der Waals surface area contributed by atoms with Crippen LogP contribution in [0.4, 0.5) is 0 Å². The molecule has 0 aromatic heterocycles. The van der Waals surface area contributed by atoms with Crippen LogP contribution in [0.15, 0.2) is 35.3 Å². The summed E-state index contributed by atoms with van der Waals surface area (Å²) in [5.41, 5.74) is 1.20. The van der Waals surface area contributed by atoms with E-state index in [2.05, 4.69) is 52.1 Å². The van der Waals surface area contributed by atoms with Gasteiger partial charge in [0.05, 0.1) is 0 Å². The third-order valence-corrected chi connectivity index (χ3v) is 6.04. The van der Waals surface area contributed by atoms with E-state index >= 15 is 0 Å². The topological polar surface area (TPSA) is 78.0 Å². The lowest BCUT2D eigenvalue weighted by molar-refractivity contribution is -0.128. The van der Waals surface area contributed by atoms with E-state index in [0.717, 1.165) is 65.1 Å². The Labute approximate surface area is 203 Å². The molecule has 31 heavy (non-hydrogen) atoms. The van der Waals surface area contributed by atoms with E-state index in [1.165, 1.54) is 5.56 Å². The molecule has 0 bridgehead atoms. The average Bonchev–Trinajstić information content (AvgIpc) is 3.32. The molecule has 8 heteroatoms. The summed E-state index contributed by atoms with van der Waals surface area (Å²) in [5.74, 6) is 0.811. The van der Waals surface area contributed by atoms with Crippen molar-refractivity contribution in [3.8, 4) is 0 Å². The Balaban J connectivity index is 0.00000341. The van der Waals surface area contributed by atoms with Crippen LogP contribution >= 0.6 is 24.0 Å². The first-order valence-electron chi connectivity index (χ1n) is 11.3. The summed E-state index contributed by atoms with van der Waals surface area (Å²) in [5, 5.41) is 10.6. The van der Waals surface area contributed by atoms with E-state index in [-0.39, 0.29) is 48.0 Å². The minimum Gasteiger partial charge on any atom is -0.381 e. The fraction of sp³-hybridized carbons (Fsp3) is 0.652. The van der Waals surface area contributed by atoms with Crippen molar-refractivity contribution >= 4 is 35.8 Å². The quantitative estimate of drug-likeness (QED) is 0.267. The highest BCUT2D eigenvalue weighted by atomic mass is 127. The van der Waals surface area contributed by atoms with Gasteiger partial charge in [-0.3, -0.25) is 4.79 Å². The van der Waals surface area contributed by atoms with Crippen molar-refractivity contribution in [2.75, 3.05) is 45.9 Å². The lowest BCUT2D eigenvalue weighted by Crippen LogP contribution is -2.58. The number of ether oxygens (including phenoxy) is 1. The molecule has 174 valence electrons. The van der Waals surface area contributed by atoms with Crippen molar-refractivity contribution < 1.29 is 9.53 Å².